The van der Waals surface area contributed by atoms with Gasteiger partial charge in [0, 0.05) is 36.1 Å². The van der Waals surface area contributed by atoms with Crippen molar-refractivity contribution in [1.29, 1.82) is 0 Å². The minimum Gasteiger partial charge on any atom is -0.481 e. The maximum Gasteiger partial charge on any atom is 0.314 e. The SMILES string of the molecule is COc1nc(N)c([N+](=O)[O-])c(C)c1C1CCN(C(=O)C2CC2)C1. The molecule has 1 aliphatic heterocycles. The van der Waals surface area contributed by atoms with Crippen LogP contribution in [0.25, 0.3) is 0 Å². The molecule has 1 unspecified atom stereocenters. The fraction of sp³-hybridized carbons (Fsp3) is 0.600. The smallest absolute Gasteiger partial charge is 0.314 e. The van der Waals surface area contributed by atoms with Crippen molar-refractivity contribution in [1.82, 2.24) is 9.88 Å². The first-order valence-electron chi connectivity index (χ1n) is 7.71. The van der Waals surface area contributed by atoms with Gasteiger partial charge < -0.3 is 15.4 Å². The van der Waals surface area contributed by atoms with E-state index in [1.54, 1.807) is 6.92 Å². The average molecular weight is 320 g/mol. The summed E-state index contributed by atoms with van der Waals surface area (Å²) >= 11 is 0. The zero-order chi connectivity index (χ0) is 16.7. The molecular weight excluding hydrogens is 300 g/mol. The van der Waals surface area contributed by atoms with Crippen molar-refractivity contribution in [2.24, 2.45) is 5.92 Å². The molecule has 0 radical (unpaired) electrons. The largest absolute Gasteiger partial charge is 0.481 e. The van der Waals surface area contributed by atoms with Crippen LogP contribution in [-0.2, 0) is 4.79 Å². The third kappa shape index (κ3) is 2.69. The van der Waals surface area contributed by atoms with E-state index in [0.29, 0.717) is 30.1 Å². The lowest BCUT2D eigenvalue weighted by Crippen LogP contribution is -2.29. The van der Waals surface area contributed by atoms with Crippen LogP contribution in [0.4, 0.5) is 11.5 Å². The van der Waals surface area contributed by atoms with E-state index in [-0.39, 0.29) is 29.2 Å². The van der Waals surface area contributed by atoms with Gasteiger partial charge in [0.25, 0.3) is 0 Å². The number of pyridine rings is 1. The Morgan fingerprint density at radius 2 is 2.13 bits per heavy atom. The third-order valence-corrected chi connectivity index (χ3v) is 4.66. The van der Waals surface area contributed by atoms with E-state index in [1.807, 2.05) is 4.90 Å². The topological polar surface area (TPSA) is 112 Å². The Bertz CT molecular complexity index is 672. The second-order valence-corrected chi connectivity index (χ2v) is 6.19. The van der Waals surface area contributed by atoms with Crippen LogP contribution in [0.1, 0.15) is 36.3 Å². The Labute approximate surface area is 133 Å². The zero-order valence-electron chi connectivity index (χ0n) is 13.2. The minimum atomic E-state index is -0.511. The van der Waals surface area contributed by atoms with E-state index in [9.17, 15) is 14.9 Å². The maximum absolute atomic E-state index is 12.2. The molecule has 2 N–H and O–H groups in total. The molecule has 8 nitrogen and oxygen atoms in total. The lowest BCUT2D eigenvalue weighted by molar-refractivity contribution is -0.384. The first-order valence-corrected chi connectivity index (χ1v) is 7.71. The minimum absolute atomic E-state index is 0.0144. The van der Waals surface area contributed by atoms with Gasteiger partial charge in [-0.15, -0.1) is 0 Å². The molecule has 2 fully saturated rings. The number of nitrogens with two attached hydrogens (primary N) is 1. The van der Waals surface area contributed by atoms with Crippen LogP contribution in [0.5, 0.6) is 5.88 Å². The van der Waals surface area contributed by atoms with Gasteiger partial charge in [-0.1, -0.05) is 0 Å². The van der Waals surface area contributed by atoms with Crippen LogP contribution >= 0.6 is 0 Å². The first-order chi connectivity index (χ1) is 10.9. The van der Waals surface area contributed by atoms with Crippen molar-refractivity contribution in [3.05, 3.63) is 21.2 Å². The first kappa shape index (κ1) is 15.5. The van der Waals surface area contributed by atoms with E-state index in [0.717, 1.165) is 19.3 Å². The van der Waals surface area contributed by atoms with Crippen LogP contribution in [0.15, 0.2) is 0 Å². The van der Waals surface area contributed by atoms with Crippen molar-refractivity contribution in [3.63, 3.8) is 0 Å². The summed E-state index contributed by atoms with van der Waals surface area (Å²) in [5, 5.41) is 11.3. The second kappa shape index (κ2) is 5.68. The number of nitro groups is 1. The van der Waals surface area contributed by atoms with Gasteiger partial charge in [-0.25, -0.2) is 0 Å². The van der Waals surface area contributed by atoms with E-state index in [2.05, 4.69) is 4.98 Å². The Morgan fingerprint density at radius 1 is 1.43 bits per heavy atom. The lowest BCUT2D eigenvalue weighted by atomic mass is 9.94. The average Bonchev–Trinajstić information content (AvgIpc) is 3.23. The molecule has 1 aromatic rings. The number of carbonyl (C=O) groups is 1. The summed E-state index contributed by atoms with van der Waals surface area (Å²) in [5.41, 5.74) is 6.69. The molecule has 1 saturated carbocycles. The summed E-state index contributed by atoms with van der Waals surface area (Å²) < 4.78 is 5.29. The molecule has 124 valence electrons. The predicted octanol–water partition coefficient (Wildman–Crippen LogP) is 1.61. The quantitative estimate of drug-likeness (QED) is 0.666. The lowest BCUT2D eigenvalue weighted by Gasteiger charge is -2.19. The number of methoxy groups -OCH3 is 1. The van der Waals surface area contributed by atoms with Gasteiger partial charge in [-0.2, -0.15) is 4.98 Å². The highest BCUT2D eigenvalue weighted by molar-refractivity contribution is 5.81. The molecule has 0 bridgehead atoms. The molecule has 2 heterocycles. The molecule has 2 aliphatic rings. The van der Waals surface area contributed by atoms with Crippen molar-refractivity contribution in [2.75, 3.05) is 25.9 Å². The number of hydrogen-bond acceptors (Lipinski definition) is 6. The van der Waals surface area contributed by atoms with Crippen molar-refractivity contribution in [2.45, 2.75) is 32.1 Å². The highest BCUT2D eigenvalue weighted by atomic mass is 16.6. The van der Waals surface area contributed by atoms with Gasteiger partial charge in [-0.05, 0) is 26.2 Å². The van der Waals surface area contributed by atoms with Crippen LogP contribution in [-0.4, -0.2) is 40.9 Å². The Morgan fingerprint density at radius 3 is 2.70 bits per heavy atom. The highest BCUT2D eigenvalue weighted by Crippen LogP contribution is 2.41. The standard InChI is InChI=1S/C15H20N4O4/c1-8-11(14(23-2)17-13(16)12(8)19(21)22)10-5-6-18(7-10)15(20)9-3-4-9/h9-10H,3-7H2,1-2H3,(H2,16,17). The monoisotopic (exact) mass is 320 g/mol. The van der Waals surface area contributed by atoms with Crippen LogP contribution in [0, 0.1) is 23.0 Å². The fourth-order valence-electron chi connectivity index (χ4n) is 3.35. The normalized spacial score (nSPS) is 20.6. The highest BCUT2D eigenvalue weighted by Gasteiger charge is 2.39. The van der Waals surface area contributed by atoms with E-state index in [4.69, 9.17) is 10.5 Å². The summed E-state index contributed by atoms with van der Waals surface area (Å²) in [6.07, 6.45) is 2.69. The van der Waals surface area contributed by atoms with Gasteiger partial charge in [0.15, 0.2) is 0 Å². The molecular formula is C15H20N4O4. The number of aromatic nitrogens is 1. The zero-order valence-corrected chi connectivity index (χ0v) is 13.2. The summed E-state index contributed by atoms with van der Waals surface area (Å²) in [6, 6.07) is 0. The van der Waals surface area contributed by atoms with Crippen LogP contribution < -0.4 is 10.5 Å². The molecule has 8 heteroatoms. The summed E-state index contributed by atoms with van der Waals surface area (Å²) in [4.78, 5) is 28.8. The molecule has 0 aromatic carbocycles. The number of ether oxygens (including phenoxy) is 1. The molecule has 0 spiro atoms. The number of nitrogen functional groups attached to an aromatic ring is 1. The Kier molecular flexibility index (Phi) is 3.83. The van der Waals surface area contributed by atoms with Crippen molar-refractivity contribution < 1.29 is 14.5 Å². The predicted molar refractivity (Wildman–Crippen MR) is 83.3 cm³/mol. The van der Waals surface area contributed by atoms with E-state index >= 15 is 0 Å². The molecule has 1 atom stereocenters. The number of likely N-dealkylation sites (tertiary alicyclic amines) is 1. The molecule has 3 rings (SSSR count). The molecule has 1 saturated heterocycles. The Balaban J connectivity index is 1.94. The number of anilines is 1. The van der Waals surface area contributed by atoms with Gasteiger partial charge in [-0.3, -0.25) is 14.9 Å². The summed E-state index contributed by atoms with van der Waals surface area (Å²) in [6.45, 7) is 2.88. The number of hydrogen-bond donors (Lipinski definition) is 1. The van der Waals surface area contributed by atoms with Gasteiger partial charge >= 0.3 is 5.69 Å². The van der Waals surface area contributed by atoms with Gasteiger partial charge in [0.05, 0.1) is 12.0 Å². The van der Waals surface area contributed by atoms with Crippen LogP contribution in [0.2, 0.25) is 0 Å². The molecule has 1 aromatic heterocycles. The number of amides is 1. The molecule has 23 heavy (non-hydrogen) atoms. The summed E-state index contributed by atoms with van der Waals surface area (Å²) in [5.74, 6) is 0.533. The summed E-state index contributed by atoms with van der Waals surface area (Å²) in [7, 11) is 1.47. The fourth-order valence-corrected chi connectivity index (χ4v) is 3.35. The maximum atomic E-state index is 12.2. The van der Waals surface area contributed by atoms with Crippen LogP contribution in [0.3, 0.4) is 0 Å². The molecule has 1 aliphatic carbocycles. The van der Waals surface area contributed by atoms with E-state index in [1.165, 1.54) is 7.11 Å². The molecule has 1 amide bonds. The Hall–Kier alpha value is -2.38. The second-order valence-electron chi connectivity index (χ2n) is 6.19. The number of rotatable bonds is 4. The van der Waals surface area contributed by atoms with Gasteiger partial charge in [0.2, 0.25) is 17.6 Å². The number of carbonyl (C=O) groups excluding carboxylic acids is 1. The van der Waals surface area contributed by atoms with Crippen molar-refractivity contribution >= 4 is 17.4 Å². The van der Waals surface area contributed by atoms with Gasteiger partial charge in [0.1, 0.15) is 0 Å². The number of nitrogens with zero attached hydrogens (tertiary/aromatic N) is 3. The van der Waals surface area contributed by atoms with Crippen molar-refractivity contribution in [3.8, 4) is 5.88 Å². The third-order valence-electron chi connectivity index (χ3n) is 4.66. The van der Waals surface area contributed by atoms with E-state index < -0.39 is 4.92 Å².